The number of aryl methyl sites for hydroxylation is 1. The molecule has 0 saturated carbocycles. The third kappa shape index (κ3) is 3.25. The third-order valence-electron chi connectivity index (χ3n) is 2.91. The second kappa shape index (κ2) is 5.88. The van der Waals surface area contributed by atoms with Crippen LogP contribution in [-0.2, 0) is 0 Å². The van der Waals surface area contributed by atoms with Gasteiger partial charge in [-0.2, -0.15) is 5.26 Å². The maximum absolute atomic E-state index is 12.1. The zero-order valence-electron chi connectivity index (χ0n) is 11.3. The Kier molecular flexibility index (Phi) is 4.00. The molecule has 0 aromatic heterocycles. The molecule has 0 heterocycles. The van der Waals surface area contributed by atoms with Crippen LogP contribution in [0.2, 0.25) is 0 Å². The summed E-state index contributed by atoms with van der Waals surface area (Å²) >= 11 is 0. The lowest BCUT2D eigenvalue weighted by Gasteiger charge is -2.09. The number of benzene rings is 2. The Morgan fingerprint density at radius 2 is 1.95 bits per heavy atom. The second-order valence-corrected chi connectivity index (χ2v) is 4.50. The number of aromatic carboxylic acids is 1. The summed E-state index contributed by atoms with van der Waals surface area (Å²) in [6.45, 7) is 1.86. The first-order valence-electron chi connectivity index (χ1n) is 6.16. The van der Waals surface area contributed by atoms with Crippen molar-refractivity contribution in [3.05, 3.63) is 64.7 Å². The van der Waals surface area contributed by atoms with Crippen molar-refractivity contribution in [1.82, 2.24) is 0 Å². The van der Waals surface area contributed by atoms with Gasteiger partial charge in [-0.15, -0.1) is 0 Å². The third-order valence-corrected chi connectivity index (χ3v) is 2.91. The van der Waals surface area contributed by atoms with Crippen LogP contribution in [0, 0.1) is 18.3 Å². The fraction of sp³-hybridized carbons (Fsp3) is 0.0625. The molecule has 21 heavy (non-hydrogen) atoms. The van der Waals surface area contributed by atoms with Crippen molar-refractivity contribution in [2.45, 2.75) is 6.92 Å². The van der Waals surface area contributed by atoms with Crippen molar-refractivity contribution in [2.24, 2.45) is 0 Å². The molecule has 0 spiro atoms. The van der Waals surface area contributed by atoms with E-state index in [1.165, 1.54) is 18.2 Å². The molecule has 0 aliphatic rings. The van der Waals surface area contributed by atoms with Crippen LogP contribution < -0.4 is 5.32 Å². The number of carbonyl (C=O) groups excluding carboxylic acids is 1. The number of hydrogen-bond donors (Lipinski definition) is 2. The van der Waals surface area contributed by atoms with Crippen molar-refractivity contribution < 1.29 is 14.7 Å². The molecule has 0 bridgehead atoms. The van der Waals surface area contributed by atoms with Gasteiger partial charge in [0.15, 0.2) is 0 Å². The van der Waals surface area contributed by atoms with E-state index in [2.05, 4.69) is 5.32 Å². The summed E-state index contributed by atoms with van der Waals surface area (Å²) < 4.78 is 0. The summed E-state index contributed by atoms with van der Waals surface area (Å²) in [4.78, 5) is 23.3. The first-order valence-corrected chi connectivity index (χ1v) is 6.16. The number of carboxylic acids is 1. The Morgan fingerprint density at radius 1 is 1.19 bits per heavy atom. The van der Waals surface area contributed by atoms with E-state index >= 15 is 0 Å². The Balaban J connectivity index is 2.33. The minimum atomic E-state index is -1.20. The normalized spacial score (nSPS) is 9.71. The molecule has 2 aromatic carbocycles. The molecule has 0 aliphatic carbocycles. The number of carboxylic acid groups (broad SMARTS) is 1. The minimum Gasteiger partial charge on any atom is -0.478 e. The Bertz CT molecular complexity index is 760. The molecule has 2 rings (SSSR count). The molecule has 104 valence electrons. The van der Waals surface area contributed by atoms with Crippen LogP contribution in [0.3, 0.4) is 0 Å². The molecule has 5 heteroatoms. The van der Waals surface area contributed by atoms with Gasteiger partial charge in [-0.3, -0.25) is 4.79 Å². The second-order valence-electron chi connectivity index (χ2n) is 4.50. The topological polar surface area (TPSA) is 90.2 Å². The van der Waals surface area contributed by atoms with E-state index in [-0.39, 0.29) is 16.8 Å². The molecule has 2 aromatic rings. The number of amides is 1. The molecular formula is C16H12N2O3. The van der Waals surface area contributed by atoms with E-state index in [0.29, 0.717) is 5.56 Å². The average Bonchev–Trinajstić information content (AvgIpc) is 2.47. The van der Waals surface area contributed by atoms with Crippen LogP contribution in [0.25, 0.3) is 0 Å². The van der Waals surface area contributed by atoms with Gasteiger partial charge in [-0.05, 0) is 37.3 Å². The lowest BCUT2D eigenvalue weighted by atomic mass is 10.1. The van der Waals surface area contributed by atoms with Gasteiger partial charge in [0, 0.05) is 5.56 Å². The molecule has 1 amide bonds. The highest BCUT2D eigenvalue weighted by Crippen LogP contribution is 2.18. The maximum Gasteiger partial charge on any atom is 0.337 e. The van der Waals surface area contributed by atoms with E-state index in [4.69, 9.17) is 10.4 Å². The fourth-order valence-corrected chi connectivity index (χ4v) is 1.88. The van der Waals surface area contributed by atoms with Gasteiger partial charge in [-0.25, -0.2) is 4.79 Å². The van der Waals surface area contributed by atoms with Crippen molar-refractivity contribution in [3.63, 3.8) is 0 Å². The van der Waals surface area contributed by atoms with E-state index in [9.17, 15) is 9.59 Å². The lowest BCUT2D eigenvalue weighted by Crippen LogP contribution is -2.15. The predicted octanol–water partition coefficient (Wildman–Crippen LogP) is 2.82. The van der Waals surface area contributed by atoms with Gasteiger partial charge >= 0.3 is 5.97 Å². The smallest absolute Gasteiger partial charge is 0.337 e. The minimum absolute atomic E-state index is 0.116. The number of rotatable bonds is 3. The summed E-state index contributed by atoms with van der Waals surface area (Å²) in [7, 11) is 0. The monoisotopic (exact) mass is 280 g/mol. The highest BCUT2D eigenvalue weighted by Gasteiger charge is 2.14. The van der Waals surface area contributed by atoms with Gasteiger partial charge in [0.1, 0.15) is 0 Å². The molecule has 0 radical (unpaired) electrons. The van der Waals surface area contributed by atoms with Crippen molar-refractivity contribution in [3.8, 4) is 6.07 Å². The van der Waals surface area contributed by atoms with Gasteiger partial charge in [0.25, 0.3) is 5.91 Å². The SMILES string of the molecule is Cc1cccc(C(=O)Nc2ccc(C#N)cc2C(=O)O)c1. The van der Waals surface area contributed by atoms with Gasteiger partial charge in [-0.1, -0.05) is 17.7 Å². The first-order chi connectivity index (χ1) is 10.0. The van der Waals surface area contributed by atoms with Crippen LogP contribution in [-0.4, -0.2) is 17.0 Å². The highest BCUT2D eigenvalue weighted by molar-refractivity contribution is 6.07. The van der Waals surface area contributed by atoms with Crippen molar-refractivity contribution in [2.75, 3.05) is 5.32 Å². The zero-order chi connectivity index (χ0) is 15.4. The molecule has 0 aliphatic heterocycles. The summed E-state index contributed by atoms with van der Waals surface area (Å²) in [5.74, 6) is -1.60. The molecule has 0 saturated heterocycles. The van der Waals surface area contributed by atoms with Gasteiger partial charge < -0.3 is 10.4 Å². The van der Waals surface area contributed by atoms with Crippen molar-refractivity contribution in [1.29, 1.82) is 5.26 Å². The van der Waals surface area contributed by atoms with Gasteiger partial charge in [0.05, 0.1) is 22.9 Å². The summed E-state index contributed by atoms with van der Waals surface area (Å²) in [5.41, 5.74) is 1.64. The predicted molar refractivity (Wildman–Crippen MR) is 77.2 cm³/mol. The number of hydrogen-bond acceptors (Lipinski definition) is 3. The number of nitrogens with zero attached hydrogens (tertiary/aromatic N) is 1. The van der Waals surface area contributed by atoms with E-state index < -0.39 is 11.9 Å². The number of anilines is 1. The molecule has 2 N–H and O–H groups in total. The maximum atomic E-state index is 12.1. The Morgan fingerprint density at radius 3 is 2.57 bits per heavy atom. The van der Waals surface area contributed by atoms with Crippen LogP contribution >= 0.6 is 0 Å². The Labute approximate surface area is 121 Å². The molecule has 0 atom stereocenters. The Hall–Kier alpha value is -3.13. The fourth-order valence-electron chi connectivity index (χ4n) is 1.88. The number of carbonyl (C=O) groups is 2. The molecule has 0 fully saturated rings. The van der Waals surface area contributed by atoms with Gasteiger partial charge in [0.2, 0.25) is 0 Å². The average molecular weight is 280 g/mol. The first kappa shape index (κ1) is 14.3. The van der Waals surface area contributed by atoms with E-state index in [1.54, 1.807) is 18.2 Å². The zero-order valence-corrected chi connectivity index (χ0v) is 11.3. The molecule has 5 nitrogen and oxygen atoms in total. The number of nitriles is 1. The quantitative estimate of drug-likeness (QED) is 0.904. The van der Waals surface area contributed by atoms with Crippen LogP contribution in [0.5, 0.6) is 0 Å². The summed E-state index contributed by atoms with van der Waals surface area (Å²) in [6, 6.07) is 12.9. The largest absolute Gasteiger partial charge is 0.478 e. The molecular weight excluding hydrogens is 268 g/mol. The van der Waals surface area contributed by atoms with Crippen molar-refractivity contribution >= 4 is 17.6 Å². The lowest BCUT2D eigenvalue weighted by molar-refractivity contribution is 0.0698. The standard InChI is InChI=1S/C16H12N2O3/c1-10-3-2-4-12(7-10)15(19)18-14-6-5-11(9-17)8-13(14)16(20)21/h2-8H,1H3,(H,18,19)(H,20,21). The number of nitrogens with one attached hydrogen (secondary N) is 1. The van der Waals surface area contributed by atoms with Crippen LogP contribution in [0.1, 0.15) is 31.8 Å². The summed E-state index contributed by atoms with van der Waals surface area (Å²) in [5, 5.41) is 20.5. The molecule has 0 unspecified atom stereocenters. The highest BCUT2D eigenvalue weighted by atomic mass is 16.4. The van der Waals surface area contributed by atoms with Crippen LogP contribution in [0.4, 0.5) is 5.69 Å². The van der Waals surface area contributed by atoms with E-state index in [1.807, 2.05) is 19.1 Å². The summed E-state index contributed by atoms with van der Waals surface area (Å²) in [6.07, 6.45) is 0. The van der Waals surface area contributed by atoms with Crippen LogP contribution in [0.15, 0.2) is 42.5 Å². The van der Waals surface area contributed by atoms with E-state index in [0.717, 1.165) is 5.56 Å².